The van der Waals surface area contributed by atoms with Gasteiger partial charge in [0.2, 0.25) is 0 Å². The maximum absolute atomic E-state index is 9.76. The highest BCUT2D eigenvalue weighted by atomic mass is 16.3. The zero-order valence-electron chi connectivity index (χ0n) is 13.3. The fourth-order valence-corrected chi connectivity index (χ4v) is 3.10. The minimum Gasteiger partial charge on any atom is -0.394 e. The topological polar surface area (TPSA) is 52.7 Å². The minimum absolute atomic E-state index is 0.0119. The zero-order chi connectivity index (χ0) is 15.3. The largest absolute Gasteiger partial charge is 0.394 e. The van der Waals surface area contributed by atoms with Gasteiger partial charge in [-0.3, -0.25) is 0 Å². The average Bonchev–Trinajstić information content (AvgIpc) is 2.54. The van der Waals surface area contributed by atoms with Crippen molar-refractivity contribution in [2.75, 3.05) is 39.8 Å². The molecule has 0 aliphatic carbocycles. The van der Waals surface area contributed by atoms with Gasteiger partial charge in [0.1, 0.15) is 0 Å². The predicted molar refractivity (Wildman–Crippen MR) is 87.2 cm³/mol. The Morgan fingerprint density at radius 1 is 1.29 bits per heavy atom. The maximum Gasteiger partial charge on any atom is 0.0656 e. The summed E-state index contributed by atoms with van der Waals surface area (Å²) in [5, 5.41) is 9.76. The molecule has 2 rings (SSSR count). The van der Waals surface area contributed by atoms with Crippen molar-refractivity contribution in [3.05, 3.63) is 35.9 Å². The first-order valence-corrected chi connectivity index (χ1v) is 7.97. The highest BCUT2D eigenvalue weighted by molar-refractivity contribution is 5.24. The molecule has 0 radical (unpaired) electrons. The third-order valence-electron chi connectivity index (χ3n) is 4.84. The first-order valence-electron chi connectivity index (χ1n) is 7.97. The van der Waals surface area contributed by atoms with Crippen molar-refractivity contribution in [2.45, 2.75) is 31.3 Å². The summed E-state index contributed by atoms with van der Waals surface area (Å²) < 4.78 is 0. The Kier molecular flexibility index (Phi) is 5.76. The van der Waals surface area contributed by atoms with E-state index in [2.05, 4.69) is 23.8 Å². The van der Waals surface area contributed by atoms with Crippen LogP contribution >= 0.6 is 0 Å². The Morgan fingerprint density at radius 2 is 2.00 bits per heavy atom. The second kappa shape index (κ2) is 7.36. The lowest BCUT2D eigenvalue weighted by molar-refractivity contribution is 0.0808. The number of hydrogen-bond acceptors (Lipinski definition) is 4. The Labute approximate surface area is 128 Å². The molecule has 0 spiro atoms. The lowest BCUT2D eigenvalue weighted by Gasteiger charge is -2.40. The number of nitrogens with two attached hydrogens (primary N) is 1. The van der Waals surface area contributed by atoms with Gasteiger partial charge in [-0.05, 0) is 25.5 Å². The molecule has 3 N–H and O–H groups in total. The van der Waals surface area contributed by atoms with Crippen molar-refractivity contribution in [2.24, 2.45) is 5.73 Å². The van der Waals surface area contributed by atoms with E-state index in [1.165, 1.54) is 6.42 Å². The molecule has 1 aliphatic rings. The number of nitrogens with zero attached hydrogens (tertiary/aromatic N) is 2. The van der Waals surface area contributed by atoms with Crippen molar-refractivity contribution >= 4 is 0 Å². The predicted octanol–water partition coefficient (Wildman–Crippen LogP) is 1.25. The van der Waals surface area contributed by atoms with E-state index in [1.807, 2.05) is 30.3 Å². The summed E-state index contributed by atoms with van der Waals surface area (Å²) in [5.41, 5.74) is 6.83. The monoisotopic (exact) mass is 291 g/mol. The van der Waals surface area contributed by atoms with E-state index in [4.69, 9.17) is 5.73 Å². The van der Waals surface area contributed by atoms with E-state index in [1.54, 1.807) is 0 Å². The smallest absolute Gasteiger partial charge is 0.0656 e. The average molecular weight is 291 g/mol. The van der Waals surface area contributed by atoms with Gasteiger partial charge in [-0.15, -0.1) is 0 Å². The Hall–Kier alpha value is -0.940. The summed E-state index contributed by atoms with van der Waals surface area (Å²) in [5.74, 6) is 0. The van der Waals surface area contributed by atoms with Crippen LogP contribution < -0.4 is 5.73 Å². The molecular weight excluding hydrogens is 262 g/mol. The van der Waals surface area contributed by atoms with E-state index in [0.717, 1.165) is 38.2 Å². The summed E-state index contributed by atoms with van der Waals surface area (Å²) in [6.45, 7) is 6.47. The number of aliphatic hydroxyl groups is 1. The molecule has 2 atom stereocenters. The third kappa shape index (κ3) is 4.04. The fourth-order valence-electron chi connectivity index (χ4n) is 3.10. The fraction of sp³-hybridized carbons (Fsp3) is 0.647. The number of likely N-dealkylation sites (N-methyl/N-ethyl adjacent to an activating group) is 1. The van der Waals surface area contributed by atoms with Crippen LogP contribution in [0.15, 0.2) is 30.3 Å². The molecule has 4 heteroatoms. The van der Waals surface area contributed by atoms with Gasteiger partial charge in [-0.2, -0.15) is 0 Å². The molecule has 0 bridgehead atoms. The molecule has 1 heterocycles. The molecule has 4 nitrogen and oxygen atoms in total. The highest BCUT2D eigenvalue weighted by Crippen LogP contribution is 2.22. The summed E-state index contributed by atoms with van der Waals surface area (Å²) >= 11 is 0. The molecule has 0 aromatic heterocycles. The van der Waals surface area contributed by atoms with E-state index < -0.39 is 5.54 Å². The van der Waals surface area contributed by atoms with Crippen molar-refractivity contribution in [3.63, 3.8) is 0 Å². The maximum atomic E-state index is 9.76. The van der Waals surface area contributed by atoms with Gasteiger partial charge in [-0.25, -0.2) is 0 Å². The van der Waals surface area contributed by atoms with E-state index in [0.29, 0.717) is 6.04 Å². The lowest BCUT2D eigenvalue weighted by atomic mass is 9.88. The van der Waals surface area contributed by atoms with Crippen LogP contribution in [0.1, 0.15) is 25.3 Å². The van der Waals surface area contributed by atoms with Gasteiger partial charge < -0.3 is 20.6 Å². The molecule has 1 aromatic rings. The number of piperazine rings is 1. The molecule has 1 aromatic carbocycles. The first-order chi connectivity index (χ1) is 10.1. The Balaban J connectivity index is 1.94. The quantitative estimate of drug-likeness (QED) is 0.828. The number of aliphatic hydroxyl groups excluding tert-OH is 1. The van der Waals surface area contributed by atoms with E-state index >= 15 is 0 Å². The van der Waals surface area contributed by atoms with Crippen molar-refractivity contribution < 1.29 is 5.11 Å². The second-order valence-electron chi connectivity index (χ2n) is 6.27. The normalized spacial score (nSPS) is 23.9. The van der Waals surface area contributed by atoms with Crippen LogP contribution in [0.3, 0.4) is 0 Å². The van der Waals surface area contributed by atoms with Crippen LogP contribution in [-0.2, 0) is 5.54 Å². The molecule has 118 valence electrons. The first kappa shape index (κ1) is 16.4. The van der Waals surface area contributed by atoms with Crippen LogP contribution in [0, 0.1) is 0 Å². The highest BCUT2D eigenvalue weighted by Gasteiger charge is 2.29. The molecule has 1 saturated heterocycles. The van der Waals surface area contributed by atoms with Crippen LogP contribution in [-0.4, -0.2) is 60.8 Å². The molecular formula is C17H29N3O. The second-order valence-corrected chi connectivity index (χ2v) is 6.27. The Bertz CT molecular complexity index is 425. The third-order valence-corrected chi connectivity index (χ3v) is 4.84. The molecule has 0 amide bonds. The van der Waals surface area contributed by atoms with Gasteiger partial charge >= 0.3 is 0 Å². The summed E-state index contributed by atoms with van der Waals surface area (Å²) in [4.78, 5) is 4.92. The molecule has 1 fully saturated rings. The molecule has 1 aliphatic heterocycles. The summed E-state index contributed by atoms with van der Waals surface area (Å²) in [6.07, 6.45) is 1.97. The molecule has 2 unspecified atom stereocenters. The van der Waals surface area contributed by atoms with Gasteiger partial charge in [0.25, 0.3) is 0 Å². The zero-order valence-corrected chi connectivity index (χ0v) is 13.3. The van der Waals surface area contributed by atoms with Gasteiger partial charge in [0, 0.05) is 32.2 Å². The van der Waals surface area contributed by atoms with Gasteiger partial charge in [0.05, 0.1) is 12.1 Å². The SMILES string of the molecule is CCC1CN(CCC(N)(CO)c2ccccc2)CCN1C. The summed E-state index contributed by atoms with van der Waals surface area (Å²) in [7, 11) is 2.20. The van der Waals surface area contributed by atoms with Crippen molar-refractivity contribution in [3.8, 4) is 0 Å². The van der Waals surface area contributed by atoms with E-state index in [9.17, 15) is 5.11 Å². The Morgan fingerprint density at radius 3 is 2.62 bits per heavy atom. The number of hydrogen-bond donors (Lipinski definition) is 2. The minimum atomic E-state index is -0.633. The van der Waals surface area contributed by atoms with Crippen LogP contribution in [0.4, 0.5) is 0 Å². The van der Waals surface area contributed by atoms with E-state index in [-0.39, 0.29) is 6.61 Å². The molecule has 0 saturated carbocycles. The number of rotatable bonds is 6. The van der Waals surface area contributed by atoms with Crippen molar-refractivity contribution in [1.82, 2.24) is 9.80 Å². The van der Waals surface area contributed by atoms with Gasteiger partial charge in [-0.1, -0.05) is 37.3 Å². The van der Waals surface area contributed by atoms with Crippen LogP contribution in [0.2, 0.25) is 0 Å². The summed E-state index contributed by atoms with van der Waals surface area (Å²) in [6, 6.07) is 10.6. The van der Waals surface area contributed by atoms with Crippen molar-refractivity contribution in [1.29, 1.82) is 0 Å². The van der Waals surface area contributed by atoms with Crippen LogP contribution in [0.5, 0.6) is 0 Å². The lowest BCUT2D eigenvalue weighted by Crippen LogP contribution is -2.52. The van der Waals surface area contributed by atoms with Crippen LogP contribution in [0.25, 0.3) is 0 Å². The number of benzene rings is 1. The van der Waals surface area contributed by atoms with Gasteiger partial charge in [0.15, 0.2) is 0 Å². The molecule has 21 heavy (non-hydrogen) atoms. The standard InChI is InChI=1S/C17H29N3O/c1-3-16-13-20(12-11-19(16)2)10-9-17(18,14-21)15-7-5-4-6-8-15/h4-8,16,21H,3,9-14,18H2,1-2H3.